The summed E-state index contributed by atoms with van der Waals surface area (Å²) in [5, 5.41) is 9.95. The second kappa shape index (κ2) is 7.45. The smallest absolute Gasteiger partial charge is 0.241 e. The van der Waals surface area contributed by atoms with Crippen molar-refractivity contribution in [2.24, 2.45) is 5.14 Å². The summed E-state index contributed by atoms with van der Waals surface area (Å²) in [6.45, 7) is 0.547. The maximum atomic E-state index is 11.7. The van der Waals surface area contributed by atoms with Crippen LogP contribution >= 0.6 is 11.6 Å². The van der Waals surface area contributed by atoms with E-state index >= 15 is 0 Å². The SMILES string of the molecule is COc1ccc(CCNc2ncnc3cc(Cl)ccc23)cc1S(N)(=O)=O. The van der Waals surface area contributed by atoms with E-state index in [0.717, 1.165) is 16.5 Å². The van der Waals surface area contributed by atoms with Crippen molar-refractivity contribution < 1.29 is 13.2 Å². The van der Waals surface area contributed by atoms with Gasteiger partial charge in [-0.1, -0.05) is 17.7 Å². The molecule has 7 nitrogen and oxygen atoms in total. The Morgan fingerprint density at radius 2 is 2.00 bits per heavy atom. The number of anilines is 1. The van der Waals surface area contributed by atoms with E-state index < -0.39 is 10.0 Å². The molecule has 0 radical (unpaired) electrons. The van der Waals surface area contributed by atoms with Gasteiger partial charge in [-0.25, -0.2) is 23.5 Å². The van der Waals surface area contributed by atoms with Crippen LogP contribution in [0.1, 0.15) is 5.56 Å². The van der Waals surface area contributed by atoms with Gasteiger partial charge in [0.2, 0.25) is 10.0 Å². The van der Waals surface area contributed by atoms with Crippen LogP contribution < -0.4 is 15.2 Å². The number of nitrogens with two attached hydrogens (primary N) is 1. The standard InChI is InChI=1S/C17H17ClN4O3S/c1-25-15-5-2-11(8-16(15)26(19,23)24)6-7-20-17-13-4-3-12(18)9-14(13)21-10-22-17/h2-5,8-10H,6-7H2,1H3,(H2,19,23,24)(H,20,21,22). The first-order valence-corrected chi connectivity index (χ1v) is 9.65. The highest BCUT2D eigenvalue weighted by atomic mass is 35.5. The minimum Gasteiger partial charge on any atom is -0.495 e. The van der Waals surface area contributed by atoms with Crippen molar-refractivity contribution in [3.63, 3.8) is 0 Å². The first kappa shape index (κ1) is 18.4. The van der Waals surface area contributed by atoms with Crippen LogP contribution in [0.25, 0.3) is 10.9 Å². The van der Waals surface area contributed by atoms with Gasteiger partial charge >= 0.3 is 0 Å². The number of hydrogen-bond donors (Lipinski definition) is 2. The molecule has 0 bridgehead atoms. The van der Waals surface area contributed by atoms with Gasteiger partial charge in [0.05, 0.1) is 12.6 Å². The Balaban J connectivity index is 1.77. The molecular formula is C17H17ClN4O3S. The summed E-state index contributed by atoms with van der Waals surface area (Å²) >= 11 is 5.98. The van der Waals surface area contributed by atoms with Crippen LogP contribution in [0.15, 0.2) is 47.6 Å². The van der Waals surface area contributed by atoms with E-state index in [9.17, 15) is 8.42 Å². The zero-order valence-electron chi connectivity index (χ0n) is 13.9. The summed E-state index contributed by atoms with van der Waals surface area (Å²) in [6.07, 6.45) is 2.04. The molecular weight excluding hydrogens is 376 g/mol. The van der Waals surface area contributed by atoms with Gasteiger partial charge in [-0.15, -0.1) is 0 Å². The number of aromatic nitrogens is 2. The first-order chi connectivity index (χ1) is 12.4. The molecule has 0 spiro atoms. The fraction of sp³-hybridized carbons (Fsp3) is 0.176. The van der Waals surface area contributed by atoms with E-state index in [-0.39, 0.29) is 10.6 Å². The van der Waals surface area contributed by atoms with Gasteiger partial charge < -0.3 is 10.1 Å². The number of fused-ring (bicyclic) bond motifs is 1. The summed E-state index contributed by atoms with van der Waals surface area (Å²) < 4.78 is 28.4. The van der Waals surface area contributed by atoms with Crippen molar-refractivity contribution in [3.05, 3.63) is 53.3 Å². The minimum absolute atomic E-state index is 0.0281. The first-order valence-electron chi connectivity index (χ1n) is 7.72. The highest BCUT2D eigenvalue weighted by Gasteiger charge is 2.15. The number of nitrogens with one attached hydrogen (secondary N) is 1. The fourth-order valence-corrected chi connectivity index (χ4v) is 3.51. The van der Waals surface area contributed by atoms with E-state index in [4.69, 9.17) is 21.5 Å². The number of hydrogen-bond acceptors (Lipinski definition) is 6. The third-order valence-corrected chi connectivity index (χ3v) is 5.01. The molecule has 3 aromatic rings. The van der Waals surface area contributed by atoms with Crippen LogP contribution in [-0.4, -0.2) is 32.0 Å². The summed E-state index contributed by atoms with van der Waals surface area (Å²) in [5.74, 6) is 0.912. The molecule has 0 amide bonds. The van der Waals surface area contributed by atoms with E-state index in [1.54, 1.807) is 24.3 Å². The van der Waals surface area contributed by atoms with E-state index in [1.165, 1.54) is 19.5 Å². The lowest BCUT2D eigenvalue weighted by Gasteiger charge is -2.11. The summed E-state index contributed by atoms with van der Waals surface area (Å²) in [7, 11) is -2.46. The minimum atomic E-state index is -3.86. The Labute approximate surface area is 156 Å². The van der Waals surface area contributed by atoms with Crippen LogP contribution in [0.4, 0.5) is 5.82 Å². The molecule has 1 aromatic heterocycles. The number of rotatable bonds is 6. The summed E-state index contributed by atoms with van der Waals surface area (Å²) in [5.41, 5.74) is 1.56. The predicted octanol–water partition coefficient (Wildman–Crippen LogP) is 2.59. The Bertz CT molecular complexity index is 1060. The molecule has 0 atom stereocenters. The lowest BCUT2D eigenvalue weighted by atomic mass is 10.1. The van der Waals surface area contributed by atoms with Gasteiger partial charge in [0.1, 0.15) is 22.8 Å². The number of nitrogens with zero attached hydrogens (tertiary/aromatic N) is 2. The molecule has 3 N–H and O–H groups in total. The molecule has 0 saturated carbocycles. The molecule has 136 valence electrons. The van der Waals surface area contributed by atoms with E-state index in [1.807, 2.05) is 6.07 Å². The highest BCUT2D eigenvalue weighted by Crippen LogP contribution is 2.25. The topological polar surface area (TPSA) is 107 Å². The lowest BCUT2D eigenvalue weighted by molar-refractivity contribution is 0.402. The van der Waals surface area contributed by atoms with Crippen LogP contribution in [0.3, 0.4) is 0 Å². The van der Waals surface area contributed by atoms with Crippen molar-refractivity contribution in [3.8, 4) is 5.75 Å². The average Bonchev–Trinajstić information content (AvgIpc) is 2.60. The fourth-order valence-electron chi connectivity index (χ4n) is 2.60. The molecule has 0 fully saturated rings. The van der Waals surface area contributed by atoms with E-state index in [2.05, 4.69) is 15.3 Å². The molecule has 9 heteroatoms. The third-order valence-electron chi connectivity index (χ3n) is 3.84. The molecule has 0 aliphatic carbocycles. The number of benzene rings is 2. The summed E-state index contributed by atoms with van der Waals surface area (Å²) in [6, 6.07) is 10.3. The van der Waals surface area contributed by atoms with Gasteiger partial charge in [-0.05, 0) is 42.3 Å². The number of methoxy groups -OCH3 is 1. The van der Waals surface area contributed by atoms with Crippen LogP contribution in [0.5, 0.6) is 5.75 Å². The molecule has 26 heavy (non-hydrogen) atoms. The number of halogens is 1. The maximum absolute atomic E-state index is 11.7. The normalized spacial score (nSPS) is 11.5. The Kier molecular flexibility index (Phi) is 5.26. The largest absolute Gasteiger partial charge is 0.495 e. The lowest BCUT2D eigenvalue weighted by Crippen LogP contribution is -2.14. The predicted molar refractivity (Wildman–Crippen MR) is 101 cm³/mol. The van der Waals surface area contributed by atoms with Crippen LogP contribution in [0.2, 0.25) is 5.02 Å². The van der Waals surface area contributed by atoms with Gasteiger partial charge in [-0.3, -0.25) is 0 Å². The van der Waals surface area contributed by atoms with Gasteiger partial charge in [0, 0.05) is 17.0 Å². The average molecular weight is 393 g/mol. The maximum Gasteiger partial charge on any atom is 0.241 e. The molecule has 0 unspecified atom stereocenters. The molecule has 0 aliphatic heterocycles. The molecule has 1 heterocycles. The number of primary sulfonamides is 1. The van der Waals surface area contributed by atoms with Gasteiger partial charge in [0.25, 0.3) is 0 Å². The molecule has 0 aliphatic rings. The van der Waals surface area contributed by atoms with Gasteiger partial charge in [-0.2, -0.15) is 0 Å². The summed E-state index contributed by atoms with van der Waals surface area (Å²) in [4.78, 5) is 8.42. The van der Waals surface area contributed by atoms with Crippen molar-refractivity contribution in [1.29, 1.82) is 0 Å². The number of ether oxygens (including phenoxy) is 1. The van der Waals surface area contributed by atoms with Gasteiger partial charge in [0.15, 0.2) is 0 Å². The Hall–Kier alpha value is -2.42. The molecule has 3 rings (SSSR count). The third kappa shape index (κ3) is 4.04. The zero-order chi connectivity index (χ0) is 18.7. The molecule has 2 aromatic carbocycles. The molecule has 0 saturated heterocycles. The van der Waals surface area contributed by atoms with Crippen molar-refractivity contribution in [1.82, 2.24) is 9.97 Å². The van der Waals surface area contributed by atoms with Crippen molar-refractivity contribution >= 4 is 38.3 Å². The van der Waals surface area contributed by atoms with Crippen LogP contribution in [0, 0.1) is 0 Å². The quantitative estimate of drug-likeness (QED) is 0.667. The second-order valence-corrected chi connectivity index (χ2v) is 7.56. The van der Waals surface area contributed by atoms with Crippen LogP contribution in [-0.2, 0) is 16.4 Å². The van der Waals surface area contributed by atoms with Crippen molar-refractivity contribution in [2.75, 3.05) is 19.0 Å². The Morgan fingerprint density at radius 3 is 2.73 bits per heavy atom. The van der Waals surface area contributed by atoms with E-state index in [0.29, 0.717) is 23.8 Å². The zero-order valence-corrected chi connectivity index (χ0v) is 15.5. The second-order valence-electron chi connectivity index (χ2n) is 5.59. The van der Waals surface area contributed by atoms with Crippen molar-refractivity contribution in [2.45, 2.75) is 11.3 Å². The Morgan fingerprint density at radius 1 is 1.19 bits per heavy atom. The number of sulfonamides is 1. The highest BCUT2D eigenvalue weighted by molar-refractivity contribution is 7.89. The monoisotopic (exact) mass is 392 g/mol.